The fourth-order valence-electron chi connectivity index (χ4n) is 3.84. The van der Waals surface area contributed by atoms with Crippen LogP contribution in [-0.4, -0.2) is 78.4 Å². The highest BCUT2D eigenvalue weighted by Gasteiger charge is 2.27. The second-order valence-corrected chi connectivity index (χ2v) is 7.54. The number of carbonyl (C=O) groups is 2. The molecule has 2 aliphatic heterocycles. The minimum absolute atomic E-state index is 0.256. The van der Waals surface area contributed by atoms with E-state index in [1.54, 1.807) is 0 Å². The molecule has 0 aromatic rings. The lowest BCUT2D eigenvalue weighted by Crippen LogP contribution is -2.53. The van der Waals surface area contributed by atoms with Crippen LogP contribution in [0.5, 0.6) is 0 Å². The molecule has 25 heavy (non-hydrogen) atoms. The summed E-state index contributed by atoms with van der Waals surface area (Å²) in [5.74, 6) is 0.523. The Kier molecular flexibility index (Phi) is 8.68. The average molecular weight is 353 g/mol. The van der Waals surface area contributed by atoms with Crippen molar-refractivity contribution in [2.75, 3.05) is 45.8 Å². The van der Waals surface area contributed by atoms with E-state index >= 15 is 0 Å². The van der Waals surface area contributed by atoms with E-state index in [1.165, 1.54) is 6.42 Å². The summed E-state index contributed by atoms with van der Waals surface area (Å²) in [4.78, 5) is 31.0. The third-order valence-corrected chi connectivity index (χ3v) is 5.55. The number of amides is 2. The summed E-state index contributed by atoms with van der Waals surface area (Å²) in [5.41, 5.74) is 5.48. The largest absolute Gasteiger partial charge is 0.340 e. The van der Waals surface area contributed by atoms with E-state index in [0.717, 1.165) is 77.8 Å². The Balaban J connectivity index is 1.63. The first-order valence-electron chi connectivity index (χ1n) is 10.1. The van der Waals surface area contributed by atoms with Crippen molar-refractivity contribution in [3.63, 3.8) is 0 Å². The summed E-state index contributed by atoms with van der Waals surface area (Å²) in [6, 6.07) is 0.378. The van der Waals surface area contributed by atoms with E-state index in [9.17, 15) is 9.59 Å². The lowest BCUT2D eigenvalue weighted by atomic mass is 10.0. The molecule has 1 atom stereocenters. The van der Waals surface area contributed by atoms with E-state index in [2.05, 4.69) is 11.8 Å². The fourth-order valence-corrected chi connectivity index (χ4v) is 3.84. The number of nitrogens with two attached hydrogens (primary N) is 1. The molecule has 2 fully saturated rings. The fraction of sp³-hybridized carbons (Fsp3) is 0.895. The Hall–Kier alpha value is -1.14. The summed E-state index contributed by atoms with van der Waals surface area (Å²) < 4.78 is 0. The molecular weight excluding hydrogens is 316 g/mol. The summed E-state index contributed by atoms with van der Waals surface area (Å²) >= 11 is 0. The van der Waals surface area contributed by atoms with Crippen molar-refractivity contribution in [2.24, 2.45) is 5.73 Å². The zero-order chi connectivity index (χ0) is 18.1. The molecule has 2 N–H and O–H groups in total. The molecule has 2 heterocycles. The summed E-state index contributed by atoms with van der Waals surface area (Å²) in [7, 11) is 0. The second-order valence-electron chi connectivity index (χ2n) is 7.54. The molecule has 0 bridgehead atoms. The number of piperidine rings is 1. The van der Waals surface area contributed by atoms with Crippen LogP contribution < -0.4 is 5.73 Å². The van der Waals surface area contributed by atoms with Gasteiger partial charge in [0.2, 0.25) is 11.8 Å². The molecule has 6 nitrogen and oxygen atoms in total. The van der Waals surface area contributed by atoms with Crippen molar-refractivity contribution >= 4 is 11.8 Å². The van der Waals surface area contributed by atoms with Gasteiger partial charge >= 0.3 is 0 Å². The number of carbonyl (C=O) groups excluding carboxylic acids is 2. The first-order chi connectivity index (χ1) is 12.1. The Morgan fingerprint density at radius 2 is 1.64 bits per heavy atom. The van der Waals surface area contributed by atoms with Gasteiger partial charge in [-0.1, -0.05) is 12.8 Å². The number of unbranched alkanes of at least 4 members (excludes halogenated alkanes) is 3. The van der Waals surface area contributed by atoms with E-state index in [0.29, 0.717) is 19.0 Å². The SMILES string of the molecule is CC1CCCCN1C(=O)CN1CCN(C(=O)CCCCCCN)CC1. The highest BCUT2D eigenvalue weighted by Crippen LogP contribution is 2.17. The minimum atomic E-state index is 0.256. The quantitative estimate of drug-likeness (QED) is 0.671. The van der Waals surface area contributed by atoms with Crippen LogP contribution in [-0.2, 0) is 9.59 Å². The van der Waals surface area contributed by atoms with Crippen molar-refractivity contribution in [2.45, 2.75) is 64.3 Å². The number of hydrogen-bond donors (Lipinski definition) is 1. The molecule has 0 radical (unpaired) electrons. The molecule has 2 aliphatic rings. The number of likely N-dealkylation sites (tertiary alicyclic amines) is 1. The van der Waals surface area contributed by atoms with Gasteiger partial charge in [-0.3, -0.25) is 14.5 Å². The van der Waals surface area contributed by atoms with Gasteiger partial charge in [0.15, 0.2) is 0 Å². The third-order valence-electron chi connectivity index (χ3n) is 5.55. The number of hydrogen-bond acceptors (Lipinski definition) is 4. The first-order valence-corrected chi connectivity index (χ1v) is 10.1. The maximum Gasteiger partial charge on any atom is 0.236 e. The van der Waals surface area contributed by atoms with Gasteiger partial charge < -0.3 is 15.5 Å². The summed E-state index contributed by atoms with van der Waals surface area (Å²) in [6.45, 7) is 7.44. The standard InChI is InChI=1S/C19H36N4O2/c1-17-8-5-7-11-23(17)19(25)16-21-12-14-22(15-13-21)18(24)9-4-2-3-6-10-20/h17H,2-16,20H2,1H3. The van der Waals surface area contributed by atoms with Crippen molar-refractivity contribution in [3.05, 3.63) is 0 Å². The van der Waals surface area contributed by atoms with Crippen LogP contribution in [0.4, 0.5) is 0 Å². The van der Waals surface area contributed by atoms with Crippen molar-refractivity contribution in [1.82, 2.24) is 14.7 Å². The predicted octanol–water partition coefficient (Wildman–Crippen LogP) is 1.44. The van der Waals surface area contributed by atoms with Gasteiger partial charge in [0.05, 0.1) is 6.54 Å². The van der Waals surface area contributed by atoms with Crippen LogP contribution in [0, 0.1) is 0 Å². The maximum absolute atomic E-state index is 12.5. The normalized spacial score (nSPS) is 22.2. The lowest BCUT2D eigenvalue weighted by Gasteiger charge is -2.38. The Labute approximate surface area is 152 Å². The van der Waals surface area contributed by atoms with Crippen molar-refractivity contribution in [3.8, 4) is 0 Å². The average Bonchev–Trinajstić information content (AvgIpc) is 2.62. The topological polar surface area (TPSA) is 69.9 Å². The third kappa shape index (κ3) is 6.59. The zero-order valence-electron chi connectivity index (χ0n) is 15.9. The molecule has 6 heteroatoms. The van der Waals surface area contributed by atoms with Crippen LogP contribution in [0.2, 0.25) is 0 Å². The second kappa shape index (κ2) is 10.8. The number of nitrogens with zero attached hydrogens (tertiary/aromatic N) is 3. The van der Waals surface area contributed by atoms with Crippen LogP contribution in [0.25, 0.3) is 0 Å². The van der Waals surface area contributed by atoms with Crippen molar-refractivity contribution < 1.29 is 9.59 Å². The summed E-state index contributed by atoms with van der Waals surface area (Å²) in [5, 5.41) is 0. The van der Waals surface area contributed by atoms with Gasteiger partial charge in [-0.05, 0) is 45.6 Å². The Morgan fingerprint density at radius 1 is 0.920 bits per heavy atom. The van der Waals surface area contributed by atoms with Gasteiger partial charge in [-0.15, -0.1) is 0 Å². The van der Waals surface area contributed by atoms with E-state index < -0.39 is 0 Å². The van der Waals surface area contributed by atoms with Crippen molar-refractivity contribution in [1.29, 1.82) is 0 Å². The van der Waals surface area contributed by atoms with E-state index in [4.69, 9.17) is 5.73 Å². The van der Waals surface area contributed by atoms with Crippen LogP contribution in [0.15, 0.2) is 0 Å². The highest BCUT2D eigenvalue weighted by molar-refractivity contribution is 5.79. The summed E-state index contributed by atoms with van der Waals surface area (Å²) in [6.07, 6.45) is 8.36. The highest BCUT2D eigenvalue weighted by atomic mass is 16.2. The molecule has 0 aliphatic carbocycles. The van der Waals surface area contributed by atoms with E-state index in [1.807, 2.05) is 9.80 Å². The first kappa shape index (κ1) is 20.2. The smallest absolute Gasteiger partial charge is 0.236 e. The molecule has 0 spiro atoms. The Morgan fingerprint density at radius 3 is 2.32 bits per heavy atom. The van der Waals surface area contributed by atoms with Crippen LogP contribution >= 0.6 is 0 Å². The number of piperazine rings is 1. The van der Waals surface area contributed by atoms with Gasteiger partial charge in [0, 0.05) is 45.2 Å². The predicted molar refractivity (Wildman–Crippen MR) is 100 cm³/mol. The van der Waals surface area contributed by atoms with Gasteiger partial charge in [0.1, 0.15) is 0 Å². The molecule has 144 valence electrons. The monoisotopic (exact) mass is 352 g/mol. The molecule has 0 saturated carbocycles. The Bertz CT molecular complexity index is 422. The lowest BCUT2D eigenvalue weighted by molar-refractivity contribution is -0.137. The molecule has 2 saturated heterocycles. The van der Waals surface area contributed by atoms with Crippen LogP contribution in [0.1, 0.15) is 58.3 Å². The minimum Gasteiger partial charge on any atom is -0.340 e. The molecule has 2 rings (SSSR count). The maximum atomic E-state index is 12.5. The molecule has 1 unspecified atom stereocenters. The molecule has 2 amide bonds. The zero-order valence-corrected chi connectivity index (χ0v) is 15.9. The van der Waals surface area contributed by atoms with E-state index in [-0.39, 0.29) is 11.8 Å². The van der Waals surface area contributed by atoms with Gasteiger partial charge in [-0.2, -0.15) is 0 Å². The number of rotatable bonds is 8. The molecule has 0 aromatic carbocycles. The van der Waals surface area contributed by atoms with Crippen LogP contribution in [0.3, 0.4) is 0 Å². The molecule has 0 aromatic heterocycles. The van der Waals surface area contributed by atoms with Gasteiger partial charge in [0.25, 0.3) is 0 Å². The molecular formula is C19H36N4O2. The van der Waals surface area contributed by atoms with Gasteiger partial charge in [-0.25, -0.2) is 0 Å².